The maximum atomic E-state index is 5.30. The molecule has 21 heavy (non-hydrogen) atoms. The Bertz CT molecular complexity index is 478. The Morgan fingerprint density at radius 3 is 2.71 bits per heavy atom. The third-order valence-electron chi connectivity index (χ3n) is 3.48. The largest absolute Gasteiger partial charge is 0.358 e. The Hall–Kier alpha value is -1.36. The van der Waals surface area contributed by atoms with E-state index in [0.717, 1.165) is 30.5 Å². The molecule has 1 atom stereocenters. The lowest BCUT2D eigenvalue weighted by molar-refractivity contribution is 0.444. The van der Waals surface area contributed by atoms with Crippen molar-refractivity contribution in [1.82, 2.24) is 10.3 Å². The fourth-order valence-electron chi connectivity index (χ4n) is 2.55. The summed E-state index contributed by atoms with van der Waals surface area (Å²) in [6.07, 6.45) is 4.43. The second kappa shape index (κ2) is 6.60. The third-order valence-corrected chi connectivity index (χ3v) is 3.68. The van der Waals surface area contributed by atoms with Crippen LogP contribution in [0.4, 0.5) is 11.5 Å². The summed E-state index contributed by atoms with van der Waals surface area (Å²) in [4.78, 5) is 6.93. The molecule has 2 rings (SSSR count). The number of nitrogens with zero attached hydrogens (tertiary/aromatic N) is 2. The maximum Gasteiger partial charge on any atom is 0.171 e. The molecule has 0 unspecified atom stereocenters. The van der Waals surface area contributed by atoms with E-state index in [1.54, 1.807) is 0 Å². The van der Waals surface area contributed by atoms with Gasteiger partial charge in [0.1, 0.15) is 5.82 Å². The summed E-state index contributed by atoms with van der Waals surface area (Å²) in [5, 5.41) is 7.04. The van der Waals surface area contributed by atoms with Gasteiger partial charge in [-0.1, -0.05) is 6.92 Å². The maximum absolute atomic E-state index is 5.30. The van der Waals surface area contributed by atoms with Crippen molar-refractivity contribution in [3.8, 4) is 0 Å². The topological polar surface area (TPSA) is 40.2 Å². The van der Waals surface area contributed by atoms with Gasteiger partial charge in [0.05, 0.1) is 11.9 Å². The molecule has 1 aliphatic heterocycles. The Morgan fingerprint density at radius 2 is 2.14 bits per heavy atom. The first-order valence-corrected chi connectivity index (χ1v) is 8.04. The summed E-state index contributed by atoms with van der Waals surface area (Å²) in [6, 6.07) is 4.11. The van der Waals surface area contributed by atoms with Crippen molar-refractivity contribution in [2.24, 2.45) is 5.92 Å². The van der Waals surface area contributed by atoms with Gasteiger partial charge in [0.2, 0.25) is 0 Å². The van der Waals surface area contributed by atoms with Gasteiger partial charge < -0.3 is 15.5 Å². The second-order valence-electron chi connectivity index (χ2n) is 6.93. The number of anilines is 2. The van der Waals surface area contributed by atoms with E-state index in [-0.39, 0.29) is 5.54 Å². The number of hydrogen-bond donors (Lipinski definition) is 2. The van der Waals surface area contributed by atoms with Crippen LogP contribution in [0.2, 0.25) is 0 Å². The average Bonchev–Trinajstić information content (AvgIpc) is 2.37. The lowest BCUT2D eigenvalue weighted by atomic mass is 10.0. The van der Waals surface area contributed by atoms with Crippen LogP contribution in [0.5, 0.6) is 0 Å². The molecule has 1 aromatic heterocycles. The molecule has 0 spiro atoms. The molecular formula is C16H26N4S. The molecular weight excluding hydrogens is 280 g/mol. The predicted molar refractivity (Wildman–Crippen MR) is 94.0 cm³/mol. The van der Waals surface area contributed by atoms with Crippen LogP contribution in [0.25, 0.3) is 0 Å². The van der Waals surface area contributed by atoms with Gasteiger partial charge in [-0.15, -0.1) is 0 Å². The minimum absolute atomic E-state index is 0.0403. The molecule has 2 heterocycles. The summed E-state index contributed by atoms with van der Waals surface area (Å²) in [7, 11) is 0. The molecule has 1 saturated heterocycles. The van der Waals surface area contributed by atoms with Crippen LogP contribution in [-0.2, 0) is 0 Å². The van der Waals surface area contributed by atoms with Crippen molar-refractivity contribution < 1.29 is 0 Å². The standard InChI is InChI=1S/C16H26N4S/c1-12-6-5-9-20(11-12)14-8-7-13(10-17-14)18-15(21)19-16(2,3)4/h7-8,10,12H,5-6,9,11H2,1-4H3,(H2,18,19,21)/t12-/m0/s1. The van der Waals surface area contributed by atoms with Gasteiger partial charge in [0.15, 0.2) is 5.11 Å². The normalized spacial score (nSPS) is 19.2. The molecule has 0 amide bonds. The van der Waals surface area contributed by atoms with E-state index in [4.69, 9.17) is 12.2 Å². The molecule has 1 fully saturated rings. The van der Waals surface area contributed by atoms with Crippen LogP contribution >= 0.6 is 12.2 Å². The number of aromatic nitrogens is 1. The Balaban J connectivity index is 1.94. The Kier molecular flexibility index (Phi) is 5.04. The quantitative estimate of drug-likeness (QED) is 0.820. The molecule has 0 radical (unpaired) electrons. The van der Waals surface area contributed by atoms with Gasteiger partial charge in [-0.05, 0) is 63.9 Å². The van der Waals surface area contributed by atoms with Gasteiger partial charge >= 0.3 is 0 Å². The molecule has 116 valence electrons. The van der Waals surface area contributed by atoms with Crippen LogP contribution in [0.1, 0.15) is 40.5 Å². The van der Waals surface area contributed by atoms with Crippen molar-refractivity contribution in [1.29, 1.82) is 0 Å². The van der Waals surface area contributed by atoms with Crippen molar-refractivity contribution in [3.63, 3.8) is 0 Å². The SMILES string of the molecule is C[C@H]1CCCN(c2ccc(NC(=S)NC(C)(C)C)cn2)C1. The first-order chi connectivity index (χ1) is 9.83. The summed E-state index contributed by atoms with van der Waals surface area (Å²) < 4.78 is 0. The molecule has 1 aromatic rings. The van der Waals surface area contributed by atoms with Crippen molar-refractivity contribution in [2.45, 2.75) is 46.1 Å². The molecule has 2 N–H and O–H groups in total. The molecule has 0 aromatic carbocycles. The summed E-state index contributed by atoms with van der Waals surface area (Å²) in [6.45, 7) is 10.8. The van der Waals surface area contributed by atoms with Crippen molar-refractivity contribution in [3.05, 3.63) is 18.3 Å². The van der Waals surface area contributed by atoms with Crippen LogP contribution in [0.15, 0.2) is 18.3 Å². The zero-order valence-corrected chi connectivity index (χ0v) is 14.3. The highest BCUT2D eigenvalue weighted by atomic mass is 32.1. The highest BCUT2D eigenvalue weighted by Gasteiger charge is 2.17. The number of nitrogens with one attached hydrogen (secondary N) is 2. The van der Waals surface area contributed by atoms with E-state index in [0.29, 0.717) is 5.11 Å². The van der Waals surface area contributed by atoms with Crippen molar-refractivity contribution >= 4 is 28.8 Å². The Labute approximate surface area is 133 Å². The second-order valence-corrected chi connectivity index (χ2v) is 7.34. The summed E-state index contributed by atoms with van der Waals surface area (Å²) in [5.74, 6) is 1.81. The van der Waals surface area contributed by atoms with E-state index in [1.807, 2.05) is 12.3 Å². The van der Waals surface area contributed by atoms with Gasteiger partial charge in [-0.3, -0.25) is 0 Å². The van der Waals surface area contributed by atoms with Crippen LogP contribution < -0.4 is 15.5 Å². The van der Waals surface area contributed by atoms with E-state index < -0.39 is 0 Å². The lowest BCUT2D eigenvalue weighted by Gasteiger charge is -2.31. The minimum Gasteiger partial charge on any atom is -0.358 e. The average molecular weight is 306 g/mol. The third kappa shape index (κ3) is 5.16. The van der Waals surface area contributed by atoms with Crippen molar-refractivity contribution in [2.75, 3.05) is 23.3 Å². The minimum atomic E-state index is -0.0403. The van der Waals surface area contributed by atoms with Crippen LogP contribution in [0.3, 0.4) is 0 Å². The van der Waals surface area contributed by atoms with E-state index in [1.165, 1.54) is 12.8 Å². The fourth-order valence-corrected chi connectivity index (χ4v) is 2.97. The van der Waals surface area contributed by atoms with E-state index in [9.17, 15) is 0 Å². The molecule has 0 bridgehead atoms. The highest BCUT2D eigenvalue weighted by molar-refractivity contribution is 7.80. The first-order valence-electron chi connectivity index (χ1n) is 7.64. The molecule has 0 saturated carbocycles. The number of rotatable bonds is 2. The van der Waals surface area contributed by atoms with Crippen LogP contribution in [-0.4, -0.2) is 28.7 Å². The molecule has 4 nitrogen and oxygen atoms in total. The summed E-state index contributed by atoms with van der Waals surface area (Å²) >= 11 is 5.30. The number of thiocarbonyl (C=S) groups is 1. The van der Waals surface area contributed by atoms with Gasteiger partial charge in [-0.25, -0.2) is 4.98 Å². The predicted octanol–water partition coefficient (Wildman–Crippen LogP) is 3.40. The Morgan fingerprint density at radius 1 is 1.38 bits per heavy atom. The fraction of sp³-hybridized carbons (Fsp3) is 0.625. The molecule has 1 aliphatic rings. The number of hydrogen-bond acceptors (Lipinski definition) is 3. The van der Waals surface area contributed by atoms with Gasteiger partial charge in [-0.2, -0.15) is 0 Å². The van der Waals surface area contributed by atoms with E-state index >= 15 is 0 Å². The van der Waals surface area contributed by atoms with Crippen LogP contribution in [0, 0.1) is 5.92 Å². The van der Waals surface area contributed by atoms with E-state index in [2.05, 4.69) is 54.3 Å². The molecule has 0 aliphatic carbocycles. The zero-order valence-electron chi connectivity index (χ0n) is 13.4. The van der Waals surface area contributed by atoms with Gasteiger partial charge in [0, 0.05) is 18.6 Å². The first kappa shape index (κ1) is 16.0. The monoisotopic (exact) mass is 306 g/mol. The highest BCUT2D eigenvalue weighted by Crippen LogP contribution is 2.22. The lowest BCUT2D eigenvalue weighted by Crippen LogP contribution is -2.42. The van der Waals surface area contributed by atoms with Gasteiger partial charge in [0.25, 0.3) is 0 Å². The smallest absolute Gasteiger partial charge is 0.171 e. The number of piperidine rings is 1. The summed E-state index contributed by atoms with van der Waals surface area (Å²) in [5.41, 5.74) is 0.882. The zero-order chi connectivity index (χ0) is 15.5. The molecule has 5 heteroatoms. The number of pyridine rings is 1.